The molecule has 1 unspecified atom stereocenters. The van der Waals surface area contributed by atoms with E-state index in [0.29, 0.717) is 29.7 Å². The largest absolute Gasteiger partial charge is 0.477 e. The lowest BCUT2D eigenvalue weighted by molar-refractivity contribution is -0.135. The van der Waals surface area contributed by atoms with Gasteiger partial charge in [0.2, 0.25) is 11.8 Å². The first-order valence-electron chi connectivity index (χ1n) is 11.0. The molecule has 11 nitrogen and oxygen atoms in total. The second-order valence-corrected chi connectivity index (χ2v) is 9.37. The van der Waals surface area contributed by atoms with Gasteiger partial charge < -0.3 is 35.3 Å². The summed E-state index contributed by atoms with van der Waals surface area (Å²) in [5, 5.41) is 15.0. The summed E-state index contributed by atoms with van der Waals surface area (Å²) in [7, 11) is 1.98. The van der Waals surface area contributed by atoms with Crippen LogP contribution in [0.4, 0.5) is 10.5 Å². The summed E-state index contributed by atoms with van der Waals surface area (Å²) in [4.78, 5) is 56.0. The van der Waals surface area contributed by atoms with Crippen LogP contribution in [-0.2, 0) is 14.3 Å². The summed E-state index contributed by atoms with van der Waals surface area (Å²) in [6.07, 6.45) is -1.02. The highest BCUT2D eigenvalue weighted by molar-refractivity contribution is 6.01. The van der Waals surface area contributed by atoms with Gasteiger partial charge in [0.05, 0.1) is 6.42 Å². The predicted molar refractivity (Wildman–Crippen MR) is 126 cm³/mol. The average molecular weight is 474 g/mol. The Bertz CT molecular complexity index is 1080. The predicted octanol–water partition coefficient (Wildman–Crippen LogP) is 1.86. The van der Waals surface area contributed by atoms with Gasteiger partial charge >= 0.3 is 12.1 Å². The monoisotopic (exact) mass is 473 g/mol. The average Bonchev–Trinajstić information content (AvgIpc) is 3.16. The second kappa shape index (κ2) is 10.1. The fourth-order valence-electron chi connectivity index (χ4n) is 3.57. The number of likely N-dealkylation sites (N-methyl/N-ethyl adjacent to an activating group) is 1. The third-order valence-electron chi connectivity index (χ3n) is 5.36. The van der Waals surface area contributed by atoms with E-state index in [4.69, 9.17) is 9.84 Å². The maximum atomic E-state index is 13.1. The number of alkyl carbamates (subject to hydrolysis) is 1. The number of H-pyrrole nitrogens is 1. The Morgan fingerprint density at radius 3 is 2.41 bits per heavy atom. The Morgan fingerprint density at radius 2 is 1.79 bits per heavy atom. The van der Waals surface area contributed by atoms with Crippen molar-refractivity contribution in [3.05, 3.63) is 30.0 Å². The molecule has 1 atom stereocenters. The zero-order valence-corrected chi connectivity index (χ0v) is 19.8. The Hall–Kier alpha value is -3.60. The van der Waals surface area contributed by atoms with Crippen molar-refractivity contribution in [3.63, 3.8) is 0 Å². The molecule has 3 amide bonds. The van der Waals surface area contributed by atoms with Crippen molar-refractivity contribution in [2.24, 2.45) is 0 Å². The standard InChI is InChI=1S/C23H31N5O6/c1-23(2,3)34-22(33)26-17(13-19(29)28-9-7-27(4)8-10-28)20(30)24-15-5-6-16-14(11-15)12-18(25-16)21(31)32/h5-6,11-12,17,25H,7-10,13H2,1-4H3,(H,24,30)(H,26,33)(H,31,32). The third kappa shape index (κ3) is 6.70. The van der Waals surface area contributed by atoms with E-state index >= 15 is 0 Å². The number of hydrogen-bond donors (Lipinski definition) is 4. The number of anilines is 1. The van der Waals surface area contributed by atoms with Crippen molar-refractivity contribution in [1.29, 1.82) is 0 Å². The van der Waals surface area contributed by atoms with Gasteiger partial charge in [-0.2, -0.15) is 0 Å². The molecule has 1 aliphatic heterocycles. The van der Waals surface area contributed by atoms with Crippen LogP contribution in [-0.4, -0.2) is 88.6 Å². The Labute approximate surface area is 197 Å². The summed E-state index contributed by atoms with van der Waals surface area (Å²) in [5.41, 5.74) is 0.259. The third-order valence-corrected chi connectivity index (χ3v) is 5.36. The maximum absolute atomic E-state index is 13.1. The molecular formula is C23H31N5O6. The molecule has 0 radical (unpaired) electrons. The van der Waals surface area contributed by atoms with Gasteiger partial charge in [-0.05, 0) is 52.1 Å². The molecule has 1 saturated heterocycles. The van der Waals surface area contributed by atoms with Crippen molar-refractivity contribution in [2.45, 2.75) is 38.8 Å². The number of aromatic nitrogens is 1. The Morgan fingerprint density at radius 1 is 1.12 bits per heavy atom. The van der Waals surface area contributed by atoms with Gasteiger partial charge in [-0.1, -0.05) is 0 Å². The van der Waals surface area contributed by atoms with Crippen molar-refractivity contribution in [1.82, 2.24) is 20.1 Å². The molecular weight excluding hydrogens is 442 g/mol. The number of amides is 3. The molecule has 1 fully saturated rings. The van der Waals surface area contributed by atoms with E-state index in [9.17, 15) is 19.2 Å². The number of carbonyl (C=O) groups is 4. The molecule has 2 heterocycles. The zero-order valence-electron chi connectivity index (χ0n) is 19.8. The molecule has 4 N–H and O–H groups in total. The number of benzene rings is 1. The summed E-state index contributed by atoms with van der Waals surface area (Å²) in [5.74, 6) is -1.91. The molecule has 0 aliphatic carbocycles. The first kappa shape index (κ1) is 25.0. The van der Waals surface area contributed by atoms with Crippen molar-refractivity contribution < 1.29 is 29.0 Å². The van der Waals surface area contributed by atoms with Crippen LogP contribution in [0.25, 0.3) is 10.9 Å². The fraction of sp³-hybridized carbons (Fsp3) is 0.478. The van der Waals surface area contributed by atoms with Gasteiger partial charge in [0.1, 0.15) is 17.3 Å². The van der Waals surface area contributed by atoms with E-state index in [1.165, 1.54) is 6.07 Å². The lowest BCUT2D eigenvalue weighted by atomic mass is 10.1. The second-order valence-electron chi connectivity index (χ2n) is 9.37. The number of fused-ring (bicyclic) bond motifs is 1. The van der Waals surface area contributed by atoms with Crippen LogP contribution in [0.1, 0.15) is 37.7 Å². The molecule has 0 bridgehead atoms. The molecule has 184 valence electrons. The van der Waals surface area contributed by atoms with E-state index in [2.05, 4.69) is 20.5 Å². The van der Waals surface area contributed by atoms with Crippen molar-refractivity contribution in [3.8, 4) is 0 Å². The number of carboxylic acid groups (broad SMARTS) is 1. The lowest BCUT2D eigenvalue weighted by Gasteiger charge is -2.33. The number of aromatic carboxylic acids is 1. The first-order chi connectivity index (χ1) is 15.9. The van der Waals surface area contributed by atoms with Crippen LogP contribution in [0, 0.1) is 0 Å². The number of carbonyl (C=O) groups excluding carboxylic acids is 3. The summed E-state index contributed by atoms with van der Waals surface area (Å²) >= 11 is 0. The van der Waals surface area contributed by atoms with E-state index in [-0.39, 0.29) is 18.0 Å². The number of hydrogen-bond acceptors (Lipinski definition) is 6. The van der Waals surface area contributed by atoms with Gasteiger partial charge in [-0.3, -0.25) is 9.59 Å². The molecule has 3 rings (SSSR count). The number of piperazine rings is 1. The molecule has 0 saturated carbocycles. The molecule has 11 heteroatoms. The zero-order chi connectivity index (χ0) is 25.0. The lowest BCUT2D eigenvalue weighted by Crippen LogP contribution is -2.51. The Kier molecular flexibility index (Phi) is 7.45. The number of ether oxygens (including phenoxy) is 1. The van der Waals surface area contributed by atoms with Gasteiger partial charge in [0.15, 0.2) is 0 Å². The van der Waals surface area contributed by atoms with E-state index in [1.54, 1.807) is 43.9 Å². The van der Waals surface area contributed by atoms with Crippen LogP contribution in [0.15, 0.2) is 24.3 Å². The fourth-order valence-corrected chi connectivity index (χ4v) is 3.57. The Balaban J connectivity index is 1.74. The molecule has 1 aromatic heterocycles. The molecule has 34 heavy (non-hydrogen) atoms. The van der Waals surface area contributed by atoms with E-state index in [0.717, 1.165) is 13.1 Å². The van der Waals surface area contributed by atoms with Crippen LogP contribution < -0.4 is 10.6 Å². The molecule has 1 aromatic carbocycles. The van der Waals surface area contributed by atoms with Crippen molar-refractivity contribution >= 4 is 40.5 Å². The van der Waals surface area contributed by atoms with Crippen molar-refractivity contribution in [2.75, 3.05) is 38.5 Å². The van der Waals surface area contributed by atoms with Crippen LogP contribution in [0.5, 0.6) is 0 Å². The number of rotatable bonds is 6. The molecule has 0 spiro atoms. The smallest absolute Gasteiger partial charge is 0.408 e. The number of nitrogens with zero attached hydrogens (tertiary/aromatic N) is 2. The van der Waals surface area contributed by atoms with E-state index in [1.807, 2.05) is 7.05 Å². The minimum absolute atomic E-state index is 0.0284. The number of carboxylic acids is 1. The number of aromatic amines is 1. The minimum Gasteiger partial charge on any atom is -0.477 e. The topological polar surface area (TPSA) is 144 Å². The summed E-state index contributed by atoms with van der Waals surface area (Å²) in [6, 6.07) is 5.17. The first-order valence-corrected chi connectivity index (χ1v) is 11.0. The number of nitrogens with one attached hydrogen (secondary N) is 3. The minimum atomic E-state index is -1.15. The summed E-state index contributed by atoms with van der Waals surface area (Å²) in [6.45, 7) is 7.67. The normalized spacial score (nSPS) is 15.6. The van der Waals surface area contributed by atoms with Crippen LogP contribution in [0.2, 0.25) is 0 Å². The van der Waals surface area contributed by atoms with E-state index < -0.39 is 29.6 Å². The molecule has 1 aliphatic rings. The van der Waals surface area contributed by atoms with Gasteiger partial charge in [0, 0.05) is 42.8 Å². The SMILES string of the molecule is CN1CCN(C(=O)CC(NC(=O)OC(C)(C)C)C(=O)Nc2ccc3[nH]c(C(=O)O)cc3c2)CC1. The van der Waals surface area contributed by atoms with Crippen LogP contribution in [0.3, 0.4) is 0 Å². The van der Waals surface area contributed by atoms with Gasteiger partial charge in [-0.25, -0.2) is 9.59 Å². The van der Waals surface area contributed by atoms with Gasteiger partial charge in [0.25, 0.3) is 0 Å². The quantitative estimate of drug-likeness (QED) is 0.501. The van der Waals surface area contributed by atoms with Gasteiger partial charge in [-0.15, -0.1) is 0 Å². The highest BCUT2D eigenvalue weighted by Crippen LogP contribution is 2.21. The highest BCUT2D eigenvalue weighted by atomic mass is 16.6. The molecule has 2 aromatic rings. The maximum Gasteiger partial charge on any atom is 0.408 e. The summed E-state index contributed by atoms with van der Waals surface area (Å²) < 4.78 is 5.27. The highest BCUT2D eigenvalue weighted by Gasteiger charge is 2.29. The van der Waals surface area contributed by atoms with Crippen LogP contribution >= 0.6 is 0 Å².